The SMILES string of the molecule is CC(=O)c1cnc2ccc(-c3cc(Cl)c(O)c(Cl)c3)nc2c1NC1CCC(N(C(=O)O)C(C)(C)C)CC1. The number of nitrogens with one attached hydrogen (secondary N) is 1. The van der Waals surface area contributed by atoms with Crippen LogP contribution in [-0.4, -0.2) is 54.6 Å². The Bertz CT molecular complexity index is 1340. The number of benzene rings is 1. The third-order valence-electron chi connectivity index (χ3n) is 6.74. The number of aromatic hydroxyl groups is 1. The van der Waals surface area contributed by atoms with E-state index in [2.05, 4.69) is 10.3 Å². The van der Waals surface area contributed by atoms with Crippen LogP contribution in [-0.2, 0) is 0 Å². The zero-order valence-electron chi connectivity index (χ0n) is 21.2. The van der Waals surface area contributed by atoms with E-state index in [1.54, 1.807) is 29.3 Å². The zero-order chi connectivity index (χ0) is 27.1. The maximum absolute atomic E-state index is 12.5. The second kappa shape index (κ2) is 10.3. The molecule has 0 bridgehead atoms. The number of halogens is 2. The van der Waals surface area contributed by atoms with Crippen LogP contribution in [0.3, 0.4) is 0 Å². The molecule has 196 valence electrons. The van der Waals surface area contributed by atoms with E-state index in [0.29, 0.717) is 46.4 Å². The van der Waals surface area contributed by atoms with Gasteiger partial charge in [0.2, 0.25) is 0 Å². The van der Waals surface area contributed by atoms with Crippen molar-refractivity contribution in [1.82, 2.24) is 14.9 Å². The number of carbonyl (C=O) groups is 2. The molecule has 0 radical (unpaired) electrons. The number of ketones is 1. The maximum atomic E-state index is 12.5. The van der Waals surface area contributed by atoms with Crippen molar-refractivity contribution in [3.05, 3.63) is 46.1 Å². The van der Waals surface area contributed by atoms with Gasteiger partial charge < -0.3 is 20.4 Å². The standard InChI is InChI=1S/C27H30Cl2N4O4/c1-14(34)18-13-30-22-10-9-21(15-11-19(28)25(35)20(29)12-15)32-24(22)23(18)31-16-5-7-17(8-6-16)33(26(36)37)27(2,3)4/h9-13,16-17,35H,5-8H2,1-4H3,(H,30,31)(H,36,37). The molecule has 1 aliphatic rings. The summed E-state index contributed by atoms with van der Waals surface area (Å²) in [7, 11) is 0. The monoisotopic (exact) mass is 544 g/mol. The molecule has 0 aliphatic heterocycles. The molecule has 10 heteroatoms. The predicted octanol–water partition coefficient (Wildman–Crippen LogP) is 7.01. The summed E-state index contributed by atoms with van der Waals surface area (Å²) in [5, 5.41) is 23.5. The van der Waals surface area contributed by atoms with Gasteiger partial charge in [0.15, 0.2) is 11.5 Å². The number of nitrogens with zero attached hydrogens (tertiary/aromatic N) is 3. The molecule has 1 aliphatic carbocycles. The molecule has 2 aromatic heterocycles. The number of carbonyl (C=O) groups excluding carboxylic acids is 1. The third kappa shape index (κ3) is 5.60. The summed E-state index contributed by atoms with van der Waals surface area (Å²) in [6, 6.07) is 6.73. The molecule has 0 atom stereocenters. The van der Waals surface area contributed by atoms with Gasteiger partial charge in [0, 0.05) is 29.4 Å². The molecule has 3 aromatic rings. The predicted molar refractivity (Wildman–Crippen MR) is 146 cm³/mol. The first-order chi connectivity index (χ1) is 17.4. The fraction of sp³-hybridized carbons (Fsp3) is 0.407. The number of amides is 1. The Hall–Kier alpha value is -3.10. The molecule has 1 amide bonds. The van der Waals surface area contributed by atoms with Gasteiger partial charge in [-0.1, -0.05) is 23.2 Å². The van der Waals surface area contributed by atoms with Gasteiger partial charge in [0.05, 0.1) is 32.5 Å². The average Bonchev–Trinajstić information content (AvgIpc) is 2.82. The Morgan fingerprint density at radius 3 is 2.24 bits per heavy atom. The van der Waals surface area contributed by atoms with E-state index in [1.165, 1.54) is 6.92 Å². The first-order valence-corrected chi connectivity index (χ1v) is 12.9. The molecule has 1 saturated carbocycles. The zero-order valence-corrected chi connectivity index (χ0v) is 22.7. The summed E-state index contributed by atoms with van der Waals surface area (Å²) < 4.78 is 0. The van der Waals surface area contributed by atoms with Crippen LogP contribution in [0.2, 0.25) is 10.0 Å². The number of Topliss-reactive ketones (excluding diaryl/α,β-unsaturated/α-hetero) is 1. The second-order valence-corrected chi connectivity index (χ2v) is 11.2. The van der Waals surface area contributed by atoms with Crippen LogP contribution in [0.5, 0.6) is 5.75 Å². The van der Waals surface area contributed by atoms with Gasteiger partial charge in [-0.15, -0.1) is 0 Å². The van der Waals surface area contributed by atoms with Crippen LogP contribution >= 0.6 is 23.2 Å². The van der Waals surface area contributed by atoms with E-state index in [1.807, 2.05) is 26.8 Å². The Morgan fingerprint density at radius 2 is 1.70 bits per heavy atom. The second-order valence-electron chi connectivity index (χ2n) is 10.4. The fourth-order valence-electron chi connectivity index (χ4n) is 5.03. The van der Waals surface area contributed by atoms with Crippen molar-refractivity contribution in [1.29, 1.82) is 0 Å². The number of phenols is 1. The highest BCUT2D eigenvalue weighted by molar-refractivity contribution is 6.37. The quantitative estimate of drug-likeness (QED) is 0.295. The third-order valence-corrected chi connectivity index (χ3v) is 7.32. The van der Waals surface area contributed by atoms with Crippen molar-refractivity contribution in [3.63, 3.8) is 0 Å². The lowest BCUT2D eigenvalue weighted by Crippen LogP contribution is -2.52. The summed E-state index contributed by atoms with van der Waals surface area (Å²) in [5.74, 6) is -0.336. The number of hydrogen-bond donors (Lipinski definition) is 3. The Balaban J connectivity index is 1.67. The van der Waals surface area contributed by atoms with Gasteiger partial charge in [-0.3, -0.25) is 9.78 Å². The van der Waals surface area contributed by atoms with Crippen molar-refractivity contribution in [3.8, 4) is 17.0 Å². The van der Waals surface area contributed by atoms with Gasteiger partial charge in [-0.25, -0.2) is 9.78 Å². The van der Waals surface area contributed by atoms with Crippen LogP contribution in [0.25, 0.3) is 22.3 Å². The molecule has 1 fully saturated rings. The van der Waals surface area contributed by atoms with Crippen molar-refractivity contribution < 1.29 is 19.8 Å². The molecule has 37 heavy (non-hydrogen) atoms. The average molecular weight is 545 g/mol. The minimum Gasteiger partial charge on any atom is -0.505 e. The molecule has 1 aromatic carbocycles. The molecular weight excluding hydrogens is 515 g/mol. The maximum Gasteiger partial charge on any atom is 0.407 e. The number of anilines is 1. The fourth-order valence-corrected chi connectivity index (χ4v) is 5.51. The molecule has 2 heterocycles. The minimum absolute atomic E-state index is 0.0404. The first kappa shape index (κ1) is 26.9. The van der Waals surface area contributed by atoms with E-state index < -0.39 is 11.6 Å². The van der Waals surface area contributed by atoms with E-state index in [0.717, 1.165) is 12.8 Å². The Kier molecular flexibility index (Phi) is 7.53. The highest BCUT2D eigenvalue weighted by Gasteiger charge is 2.36. The highest BCUT2D eigenvalue weighted by Crippen LogP contribution is 2.37. The van der Waals surface area contributed by atoms with Crippen LogP contribution in [0, 0.1) is 0 Å². The normalized spacial score (nSPS) is 18.0. The summed E-state index contributed by atoms with van der Waals surface area (Å²) in [6.45, 7) is 7.21. The smallest absolute Gasteiger partial charge is 0.407 e. The first-order valence-electron chi connectivity index (χ1n) is 12.1. The Labute approximate surface area is 225 Å². The van der Waals surface area contributed by atoms with Gasteiger partial charge >= 0.3 is 6.09 Å². The number of carboxylic acid groups (broad SMARTS) is 1. The molecule has 0 saturated heterocycles. The lowest BCUT2D eigenvalue weighted by Gasteiger charge is -2.43. The van der Waals surface area contributed by atoms with Crippen molar-refractivity contribution in [2.75, 3.05) is 5.32 Å². The molecule has 0 unspecified atom stereocenters. The number of aromatic nitrogens is 2. The Morgan fingerprint density at radius 1 is 1.08 bits per heavy atom. The van der Waals surface area contributed by atoms with Crippen LogP contribution in [0.15, 0.2) is 30.5 Å². The molecule has 8 nitrogen and oxygen atoms in total. The van der Waals surface area contributed by atoms with Crippen LogP contribution < -0.4 is 5.32 Å². The molecule has 0 spiro atoms. The number of rotatable bonds is 5. The van der Waals surface area contributed by atoms with Crippen molar-refractivity contribution in [2.24, 2.45) is 0 Å². The van der Waals surface area contributed by atoms with Crippen molar-refractivity contribution >= 4 is 51.8 Å². The van der Waals surface area contributed by atoms with E-state index >= 15 is 0 Å². The summed E-state index contributed by atoms with van der Waals surface area (Å²) in [5.41, 5.74) is 2.88. The van der Waals surface area contributed by atoms with Gasteiger partial charge in [0.1, 0.15) is 5.52 Å². The van der Waals surface area contributed by atoms with E-state index in [4.69, 9.17) is 28.2 Å². The lowest BCUT2D eigenvalue weighted by atomic mass is 9.87. The molecule has 3 N–H and O–H groups in total. The van der Waals surface area contributed by atoms with Gasteiger partial charge in [0.25, 0.3) is 0 Å². The van der Waals surface area contributed by atoms with Crippen molar-refractivity contribution in [2.45, 2.75) is 71.0 Å². The lowest BCUT2D eigenvalue weighted by molar-refractivity contribution is 0.0556. The van der Waals surface area contributed by atoms with Crippen LogP contribution in [0.1, 0.15) is 63.7 Å². The number of fused-ring (bicyclic) bond motifs is 1. The van der Waals surface area contributed by atoms with E-state index in [9.17, 15) is 19.8 Å². The highest BCUT2D eigenvalue weighted by atomic mass is 35.5. The summed E-state index contributed by atoms with van der Waals surface area (Å²) in [6.07, 6.45) is 3.56. The number of phenolic OH excluding ortho intramolecular Hbond substituents is 1. The minimum atomic E-state index is -0.908. The largest absolute Gasteiger partial charge is 0.505 e. The van der Waals surface area contributed by atoms with Crippen LogP contribution in [0.4, 0.5) is 10.5 Å². The number of hydrogen-bond acceptors (Lipinski definition) is 6. The summed E-state index contributed by atoms with van der Waals surface area (Å²) >= 11 is 12.2. The van der Waals surface area contributed by atoms with Gasteiger partial charge in [-0.2, -0.15) is 0 Å². The molecule has 4 rings (SSSR count). The number of pyridine rings is 2. The van der Waals surface area contributed by atoms with E-state index in [-0.39, 0.29) is 33.7 Å². The molecular formula is C27H30Cl2N4O4. The topological polar surface area (TPSA) is 116 Å². The van der Waals surface area contributed by atoms with Gasteiger partial charge in [-0.05, 0) is 77.6 Å². The summed E-state index contributed by atoms with van der Waals surface area (Å²) in [4.78, 5) is 35.2.